The van der Waals surface area contributed by atoms with Gasteiger partial charge in [0.2, 0.25) is 0 Å². The Kier molecular flexibility index (Phi) is 6.81. The van der Waals surface area contributed by atoms with E-state index < -0.39 is 0 Å². The summed E-state index contributed by atoms with van der Waals surface area (Å²) in [4.78, 5) is 11.4. The summed E-state index contributed by atoms with van der Waals surface area (Å²) in [7, 11) is 0. The van der Waals surface area contributed by atoms with Crippen LogP contribution in [0.1, 0.15) is 36.8 Å². The average molecular weight is 326 g/mol. The molecule has 2 aromatic rings. The molecule has 3 rings (SSSR count). The molecular formula is C20H26N2O2. The van der Waals surface area contributed by atoms with Crippen LogP contribution in [-0.4, -0.2) is 12.1 Å². The van der Waals surface area contributed by atoms with Gasteiger partial charge < -0.3 is 0 Å². The summed E-state index contributed by atoms with van der Waals surface area (Å²) in [6.07, 6.45) is 4.65. The standard InChI is InChI=1S/C20H26N2O2/c1-3-9-17(10-4-1)15-23-21-19-13-7-8-14-20(19)22-24-16-18-11-5-2-6-12-18/h1-6,9-12,19-22H,7-8,13-16H2/t19-,20-/m0/s1. The monoisotopic (exact) mass is 326 g/mol. The molecule has 0 unspecified atom stereocenters. The van der Waals surface area contributed by atoms with Gasteiger partial charge in [-0.15, -0.1) is 0 Å². The van der Waals surface area contributed by atoms with Crippen LogP contribution in [0.5, 0.6) is 0 Å². The minimum Gasteiger partial charge on any atom is -0.297 e. The average Bonchev–Trinajstić information content (AvgIpc) is 2.65. The molecule has 0 aromatic heterocycles. The molecular weight excluding hydrogens is 300 g/mol. The molecule has 0 aliphatic heterocycles. The first-order chi connectivity index (χ1) is 11.9. The van der Waals surface area contributed by atoms with Crippen molar-refractivity contribution in [2.45, 2.75) is 51.0 Å². The SMILES string of the molecule is c1ccc(CON[C@H]2CCCC[C@@H]2NOCc2ccccc2)cc1. The number of benzene rings is 2. The second-order valence-corrected chi connectivity index (χ2v) is 6.28. The lowest BCUT2D eigenvalue weighted by molar-refractivity contribution is -0.0567. The van der Waals surface area contributed by atoms with Crippen LogP contribution in [0.15, 0.2) is 60.7 Å². The molecule has 0 amide bonds. The Morgan fingerprint density at radius 1 is 0.667 bits per heavy atom. The second-order valence-electron chi connectivity index (χ2n) is 6.28. The lowest BCUT2D eigenvalue weighted by atomic mass is 9.91. The summed E-state index contributed by atoms with van der Waals surface area (Å²) in [5.74, 6) is 0. The van der Waals surface area contributed by atoms with Gasteiger partial charge in [0.25, 0.3) is 0 Å². The van der Waals surface area contributed by atoms with Crippen LogP contribution in [0.3, 0.4) is 0 Å². The minimum absolute atomic E-state index is 0.276. The maximum atomic E-state index is 5.71. The first-order valence-electron chi connectivity index (χ1n) is 8.74. The maximum Gasteiger partial charge on any atom is 0.0933 e. The third kappa shape index (κ3) is 5.42. The van der Waals surface area contributed by atoms with Gasteiger partial charge in [0, 0.05) is 12.1 Å². The van der Waals surface area contributed by atoms with Gasteiger partial charge in [-0.05, 0) is 24.0 Å². The molecule has 4 heteroatoms. The molecule has 2 atom stereocenters. The lowest BCUT2D eigenvalue weighted by Gasteiger charge is -2.32. The molecule has 24 heavy (non-hydrogen) atoms. The van der Waals surface area contributed by atoms with Crippen LogP contribution in [-0.2, 0) is 22.9 Å². The summed E-state index contributed by atoms with van der Waals surface area (Å²) in [6, 6.07) is 21.0. The van der Waals surface area contributed by atoms with Crippen molar-refractivity contribution in [3.05, 3.63) is 71.8 Å². The van der Waals surface area contributed by atoms with Crippen molar-refractivity contribution in [2.24, 2.45) is 0 Å². The Balaban J connectivity index is 1.41. The molecule has 2 N–H and O–H groups in total. The number of hydrogen-bond acceptors (Lipinski definition) is 4. The van der Waals surface area contributed by atoms with E-state index in [0.29, 0.717) is 13.2 Å². The Bertz CT molecular complexity index is 523. The second kappa shape index (κ2) is 9.55. The van der Waals surface area contributed by atoms with Gasteiger partial charge in [0.15, 0.2) is 0 Å². The van der Waals surface area contributed by atoms with E-state index in [2.05, 4.69) is 35.2 Å². The Hall–Kier alpha value is -1.72. The zero-order valence-corrected chi connectivity index (χ0v) is 14.0. The molecule has 2 aromatic carbocycles. The van der Waals surface area contributed by atoms with Crippen molar-refractivity contribution in [3.8, 4) is 0 Å². The highest BCUT2D eigenvalue weighted by Gasteiger charge is 2.25. The lowest BCUT2D eigenvalue weighted by Crippen LogP contribution is -2.49. The fraction of sp³-hybridized carbons (Fsp3) is 0.400. The van der Waals surface area contributed by atoms with Crippen molar-refractivity contribution < 1.29 is 9.68 Å². The third-order valence-corrected chi connectivity index (χ3v) is 4.40. The number of rotatable bonds is 8. The summed E-state index contributed by atoms with van der Waals surface area (Å²) < 4.78 is 0. The van der Waals surface area contributed by atoms with Crippen molar-refractivity contribution >= 4 is 0 Å². The van der Waals surface area contributed by atoms with E-state index in [4.69, 9.17) is 9.68 Å². The van der Waals surface area contributed by atoms with Gasteiger partial charge in [-0.3, -0.25) is 9.68 Å². The van der Waals surface area contributed by atoms with Gasteiger partial charge >= 0.3 is 0 Å². The van der Waals surface area contributed by atoms with Gasteiger partial charge in [-0.25, -0.2) is 0 Å². The van der Waals surface area contributed by atoms with E-state index in [0.717, 1.165) is 12.8 Å². The highest BCUT2D eigenvalue weighted by Crippen LogP contribution is 2.19. The van der Waals surface area contributed by atoms with Crippen LogP contribution in [0.4, 0.5) is 0 Å². The molecule has 128 valence electrons. The van der Waals surface area contributed by atoms with Crippen LogP contribution in [0, 0.1) is 0 Å². The van der Waals surface area contributed by atoms with Crippen LogP contribution < -0.4 is 11.0 Å². The summed E-state index contributed by atoms with van der Waals surface area (Å²) >= 11 is 0. The topological polar surface area (TPSA) is 42.5 Å². The van der Waals surface area contributed by atoms with E-state index in [1.165, 1.54) is 24.0 Å². The van der Waals surface area contributed by atoms with Gasteiger partial charge in [0.1, 0.15) is 0 Å². The zero-order chi connectivity index (χ0) is 16.5. The maximum absolute atomic E-state index is 5.71. The molecule has 4 nitrogen and oxygen atoms in total. The van der Waals surface area contributed by atoms with Crippen molar-refractivity contribution in [1.82, 2.24) is 11.0 Å². The largest absolute Gasteiger partial charge is 0.297 e. The molecule has 0 spiro atoms. The van der Waals surface area contributed by atoms with Crippen molar-refractivity contribution in [3.63, 3.8) is 0 Å². The highest BCUT2D eigenvalue weighted by atomic mass is 16.7. The van der Waals surface area contributed by atoms with E-state index >= 15 is 0 Å². The number of hydroxylamine groups is 2. The summed E-state index contributed by atoms with van der Waals surface area (Å²) in [5, 5.41) is 0. The van der Waals surface area contributed by atoms with Crippen LogP contribution in [0.25, 0.3) is 0 Å². The van der Waals surface area contributed by atoms with Crippen molar-refractivity contribution in [2.75, 3.05) is 0 Å². The predicted octanol–water partition coefficient (Wildman–Crippen LogP) is 3.74. The number of hydrogen-bond donors (Lipinski definition) is 2. The molecule has 0 saturated heterocycles. The van der Waals surface area contributed by atoms with Gasteiger partial charge in [0.05, 0.1) is 13.2 Å². The predicted molar refractivity (Wildman–Crippen MR) is 94.8 cm³/mol. The number of nitrogens with one attached hydrogen (secondary N) is 2. The molecule has 0 radical (unpaired) electrons. The quantitative estimate of drug-likeness (QED) is 0.725. The Labute approximate surface area is 144 Å². The Morgan fingerprint density at radius 3 is 1.50 bits per heavy atom. The molecule has 1 aliphatic carbocycles. The Morgan fingerprint density at radius 2 is 1.08 bits per heavy atom. The molecule has 1 fully saturated rings. The van der Waals surface area contributed by atoms with Crippen molar-refractivity contribution in [1.29, 1.82) is 0 Å². The first-order valence-corrected chi connectivity index (χ1v) is 8.74. The highest BCUT2D eigenvalue weighted by molar-refractivity contribution is 5.14. The van der Waals surface area contributed by atoms with Crippen LogP contribution in [0.2, 0.25) is 0 Å². The fourth-order valence-electron chi connectivity index (χ4n) is 3.03. The van der Waals surface area contributed by atoms with E-state index in [9.17, 15) is 0 Å². The molecule has 0 bridgehead atoms. The van der Waals surface area contributed by atoms with E-state index in [1.807, 2.05) is 36.4 Å². The fourth-order valence-corrected chi connectivity index (χ4v) is 3.03. The summed E-state index contributed by atoms with van der Waals surface area (Å²) in [5.41, 5.74) is 8.80. The van der Waals surface area contributed by atoms with E-state index in [1.54, 1.807) is 0 Å². The molecule has 1 saturated carbocycles. The smallest absolute Gasteiger partial charge is 0.0933 e. The van der Waals surface area contributed by atoms with Crippen LogP contribution >= 0.6 is 0 Å². The third-order valence-electron chi connectivity index (χ3n) is 4.40. The minimum atomic E-state index is 0.276. The van der Waals surface area contributed by atoms with Gasteiger partial charge in [-0.2, -0.15) is 11.0 Å². The normalized spacial score (nSPS) is 20.8. The zero-order valence-electron chi connectivity index (χ0n) is 14.0. The first kappa shape index (κ1) is 17.1. The van der Waals surface area contributed by atoms with Gasteiger partial charge in [-0.1, -0.05) is 73.5 Å². The van der Waals surface area contributed by atoms with E-state index in [-0.39, 0.29) is 12.1 Å². The molecule has 1 aliphatic rings. The summed E-state index contributed by atoms with van der Waals surface area (Å²) in [6.45, 7) is 1.16. The molecule has 0 heterocycles.